The Morgan fingerprint density at radius 3 is 1.97 bits per heavy atom. The van der Waals surface area contributed by atoms with Crippen molar-refractivity contribution < 1.29 is 13.5 Å². The molecule has 208 valence electrons. The smallest absolute Gasteiger partial charge is 0.243 e. The van der Waals surface area contributed by atoms with Crippen LogP contribution in [0, 0.1) is 5.92 Å². The maximum Gasteiger partial charge on any atom is 0.243 e. The monoisotopic (exact) mass is 587 g/mol. The van der Waals surface area contributed by atoms with E-state index in [0.29, 0.717) is 24.0 Å². The van der Waals surface area contributed by atoms with Gasteiger partial charge in [0.05, 0.1) is 27.1 Å². The van der Waals surface area contributed by atoms with E-state index in [-0.39, 0.29) is 22.5 Å². The van der Waals surface area contributed by atoms with Gasteiger partial charge in [0.1, 0.15) is 0 Å². The van der Waals surface area contributed by atoms with Crippen LogP contribution in [0.15, 0.2) is 83.8 Å². The quantitative estimate of drug-likeness (QED) is 0.335. The number of halogens is 2. The lowest BCUT2D eigenvalue weighted by molar-refractivity contribution is 0.0544. The Labute approximate surface area is 241 Å². The fourth-order valence-electron chi connectivity index (χ4n) is 5.33. The highest BCUT2D eigenvalue weighted by atomic mass is 35.5. The molecule has 5 rings (SSSR count). The fraction of sp³-hybridized carbons (Fsp3) is 0.400. The summed E-state index contributed by atoms with van der Waals surface area (Å²) in [6, 6.07) is 25.7. The summed E-state index contributed by atoms with van der Waals surface area (Å²) in [7, 11) is -3.81. The van der Waals surface area contributed by atoms with Gasteiger partial charge in [0.2, 0.25) is 10.0 Å². The molecule has 6 nitrogen and oxygen atoms in total. The molecule has 0 radical (unpaired) electrons. The Bertz CT molecular complexity index is 1290. The number of nitrogens with zero attached hydrogens (tertiary/aromatic N) is 3. The van der Waals surface area contributed by atoms with Gasteiger partial charge in [-0.1, -0.05) is 83.9 Å². The van der Waals surface area contributed by atoms with Gasteiger partial charge in [-0.05, 0) is 48.1 Å². The van der Waals surface area contributed by atoms with E-state index in [2.05, 4.69) is 58.3 Å². The Kier molecular flexibility index (Phi) is 9.29. The topological polar surface area (TPSA) is 64.1 Å². The average molecular weight is 589 g/mol. The van der Waals surface area contributed by atoms with Crippen LogP contribution in [0.3, 0.4) is 0 Å². The molecule has 0 bridgehead atoms. The number of aliphatic hydroxyl groups excluding tert-OH is 1. The van der Waals surface area contributed by atoms with Crippen molar-refractivity contribution in [3.8, 4) is 0 Å². The summed E-state index contributed by atoms with van der Waals surface area (Å²) >= 11 is 12.1. The lowest BCUT2D eigenvalue weighted by atomic mass is 9.96. The molecule has 2 aliphatic rings. The molecule has 1 saturated carbocycles. The second-order valence-electron chi connectivity index (χ2n) is 10.6. The SMILES string of the molecule is O=S(=O)(c1ccc(Cl)c(Cl)c1)N(CC1CC1)C[C@H](O)CN1CCN(C(c2ccccc2)c2ccccc2)CC1. The summed E-state index contributed by atoms with van der Waals surface area (Å²) < 4.78 is 28.4. The van der Waals surface area contributed by atoms with Crippen LogP contribution in [0.25, 0.3) is 0 Å². The minimum absolute atomic E-state index is 0.0515. The van der Waals surface area contributed by atoms with E-state index in [4.69, 9.17) is 23.2 Å². The Hall–Kier alpha value is -1.97. The van der Waals surface area contributed by atoms with Crippen LogP contribution in [0.5, 0.6) is 0 Å². The normalized spacial score (nSPS) is 18.1. The van der Waals surface area contributed by atoms with Crippen molar-refractivity contribution >= 4 is 33.2 Å². The number of sulfonamides is 1. The molecule has 1 N–H and O–H groups in total. The van der Waals surface area contributed by atoms with Gasteiger partial charge in [0.25, 0.3) is 0 Å². The highest BCUT2D eigenvalue weighted by molar-refractivity contribution is 7.89. The lowest BCUT2D eigenvalue weighted by Gasteiger charge is -2.40. The molecule has 0 amide bonds. The Morgan fingerprint density at radius 2 is 1.44 bits per heavy atom. The minimum Gasteiger partial charge on any atom is -0.390 e. The van der Waals surface area contributed by atoms with Crippen LogP contribution < -0.4 is 0 Å². The van der Waals surface area contributed by atoms with E-state index in [0.717, 1.165) is 39.0 Å². The molecule has 1 heterocycles. The maximum absolute atomic E-state index is 13.5. The molecule has 9 heteroatoms. The summed E-state index contributed by atoms with van der Waals surface area (Å²) in [6.45, 7) is 4.19. The molecular weight excluding hydrogens is 553 g/mol. The van der Waals surface area contributed by atoms with Gasteiger partial charge in [0, 0.05) is 45.8 Å². The third-order valence-electron chi connectivity index (χ3n) is 7.57. The number of β-amino-alcohol motifs (C(OH)–C–C–N with tert-alkyl or cyclic N) is 1. The molecule has 0 unspecified atom stereocenters. The standard InChI is InChI=1S/C30H35Cl2N3O3S/c31-28-14-13-27(19-29(28)32)39(37,38)35(20-23-11-12-23)22-26(36)21-33-15-17-34(18-16-33)30(24-7-3-1-4-8-24)25-9-5-2-6-10-25/h1-10,13-14,19,23,26,30,36H,11-12,15-18,20-22H2/t26-/m1/s1. The van der Waals surface area contributed by atoms with E-state index in [9.17, 15) is 13.5 Å². The zero-order valence-corrected chi connectivity index (χ0v) is 24.2. The van der Waals surface area contributed by atoms with Crippen LogP contribution in [-0.2, 0) is 10.0 Å². The molecule has 1 saturated heterocycles. The first-order chi connectivity index (χ1) is 18.8. The van der Waals surface area contributed by atoms with Gasteiger partial charge >= 0.3 is 0 Å². The van der Waals surface area contributed by atoms with E-state index in [1.807, 2.05) is 12.1 Å². The first kappa shape index (κ1) is 28.6. The number of piperazine rings is 1. The van der Waals surface area contributed by atoms with Crippen molar-refractivity contribution in [3.05, 3.63) is 100 Å². The third kappa shape index (κ3) is 7.22. The summed E-state index contributed by atoms with van der Waals surface area (Å²) in [5.74, 6) is 0.339. The molecule has 1 atom stereocenters. The van der Waals surface area contributed by atoms with Gasteiger partial charge in [0.15, 0.2) is 0 Å². The van der Waals surface area contributed by atoms with E-state index in [1.54, 1.807) is 0 Å². The van der Waals surface area contributed by atoms with Gasteiger partial charge in [-0.3, -0.25) is 9.80 Å². The van der Waals surface area contributed by atoms with Crippen molar-refractivity contribution in [1.82, 2.24) is 14.1 Å². The van der Waals surface area contributed by atoms with Crippen LogP contribution in [-0.4, -0.2) is 79.5 Å². The molecule has 1 aliphatic carbocycles. The number of hydrogen-bond donors (Lipinski definition) is 1. The fourth-order valence-corrected chi connectivity index (χ4v) is 7.27. The van der Waals surface area contributed by atoms with Gasteiger partial charge in [-0.15, -0.1) is 0 Å². The summed E-state index contributed by atoms with van der Waals surface area (Å²) in [4.78, 5) is 4.82. The summed E-state index contributed by atoms with van der Waals surface area (Å²) in [5, 5.41) is 11.5. The third-order valence-corrected chi connectivity index (χ3v) is 10.1. The van der Waals surface area contributed by atoms with Crippen molar-refractivity contribution in [2.45, 2.75) is 29.9 Å². The van der Waals surface area contributed by atoms with Gasteiger partial charge in [-0.25, -0.2) is 8.42 Å². The lowest BCUT2D eigenvalue weighted by Crippen LogP contribution is -2.51. The molecule has 3 aromatic carbocycles. The van der Waals surface area contributed by atoms with Crippen LogP contribution in [0.1, 0.15) is 30.0 Å². The zero-order chi connectivity index (χ0) is 27.4. The number of aliphatic hydroxyl groups is 1. The maximum atomic E-state index is 13.5. The van der Waals surface area contributed by atoms with Crippen molar-refractivity contribution in [2.24, 2.45) is 5.92 Å². The van der Waals surface area contributed by atoms with E-state index < -0.39 is 16.1 Å². The highest BCUT2D eigenvalue weighted by Gasteiger charge is 2.34. The summed E-state index contributed by atoms with van der Waals surface area (Å²) in [5.41, 5.74) is 2.53. The molecule has 2 fully saturated rings. The minimum atomic E-state index is -3.81. The Balaban J connectivity index is 1.22. The van der Waals surface area contributed by atoms with Crippen molar-refractivity contribution in [3.63, 3.8) is 0 Å². The van der Waals surface area contributed by atoms with Gasteiger partial charge < -0.3 is 5.11 Å². The number of rotatable bonds is 11. The Morgan fingerprint density at radius 1 is 0.846 bits per heavy atom. The largest absolute Gasteiger partial charge is 0.390 e. The highest BCUT2D eigenvalue weighted by Crippen LogP contribution is 2.33. The molecule has 1 aliphatic heterocycles. The molecule has 3 aromatic rings. The number of benzene rings is 3. The van der Waals surface area contributed by atoms with Crippen LogP contribution in [0.2, 0.25) is 10.0 Å². The average Bonchev–Trinajstić information content (AvgIpc) is 3.76. The van der Waals surface area contributed by atoms with E-state index in [1.165, 1.54) is 33.6 Å². The molecule has 0 spiro atoms. The first-order valence-corrected chi connectivity index (χ1v) is 15.7. The molecular formula is C30H35Cl2N3O3S. The van der Waals surface area contributed by atoms with Crippen LogP contribution in [0.4, 0.5) is 0 Å². The number of hydrogen-bond acceptors (Lipinski definition) is 5. The summed E-state index contributed by atoms with van der Waals surface area (Å²) in [6.07, 6.45) is 1.22. The molecule has 0 aromatic heterocycles. The second-order valence-corrected chi connectivity index (χ2v) is 13.3. The van der Waals surface area contributed by atoms with E-state index >= 15 is 0 Å². The van der Waals surface area contributed by atoms with Crippen molar-refractivity contribution in [1.29, 1.82) is 0 Å². The molecule has 39 heavy (non-hydrogen) atoms. The zero-order valence-electron chi connectivity index (χ0n) is 21.9. The van der Waals surface area contributed by atoms with Crippen molar-refractivity contribution in [2.75, 3.05) is 45.8 Å². The predicted molar refractivity (Wildman–Crippen MR) is 157 cm³/mol. The van der Waals surface area contributed by atoms with Gasteiger partial charge in [-0.2, -0.15) is 4.31 Å². The van der Waals surface area contributed by atoms with Crippen LogP contribution >= 0.6 is 23.2 Å². The predicted octanol–water partition coefficient (Wildman–Crippen LogP) is 5.16. The first-order valence-electron chi connectivity index (χ1n) is 13.5. The second kappa shape index (κ2) is 12.7.